The lowest BCUT2D eigenvalue weighted by atomic mass is 9.72. The molecule has 1 aromatic rings. The van der Waals surface area contributed by atoms with E-state index in [0.717, 1.165) is 0 Å². The van der Waals surface area contributed by atoms with Gasteiger partial charge in [-0.2, -0.15) is 0 Å². The summed E-state index contributed by atoms with van der Waals surface area (Å²) >= 11 is 3.63. The van der Waals surface area contributed by atoms with E-state index in [4.69, 9.17) is 0 Å². The molecule has 0 aliphatic carbocycles. The van der Waals surface area contributed by atoms with Crippen LogP contribution in [0.4, 0.5) is 5.69 Å². The highest BCUT2D eigenvalue weighted by Gasteiger charge is 2.41. The topological polar surface area (TPSA) is 3.24 Å². The highest BCUT2D eigenvalue weighted by Crippen LogP contribution is 2.42. The van der Waals surface area contributed by atoms with Crippen LogP contribution in [0, 0.1) is 12.3 Å². The van der Waals surface area contributed by atoms with Crippen LogP contribution in [0.25, 0.3) is 0 Å². The lowest BCUT2D eigenvalue weighted by Gasteiger charge is -2.52. The Hall–Kier alpha value is -0.500. The predicted molar refractivity (Wildman–Crippen MR) is 83.3 cm³/mol. The normalized spacial score (nSPS) is 17.7. The molecule has 100 valence electrons. The molecule has 2 heteroatoms. The largest absolute Gasteiger partial charge is 0.370 e. The average Bonchev–Trinajstić information content (AvgIpc) is 2.29. The van der Waals surface area contributed by atoms with E-state index in [1.807, 2.05) is 0 Å². The zero-order valence-electron chi connectivity index (χ0n) is 11.8. The molecule has 0 radical (unpaired) electrons. The van der Waals surface area contributed by atoms with E-state index in [2.05, 4.69) is 59.8 Å². The third-order valence-electron chi connectivity index (χ3n) is 4.13. The standard InChI is InChI=1S/C16H24BrN/c1-4-8-16(9-5-2)11-18(12-16)14-7-6-13(3)15(17)10-14/h6-7,10H,4-5,8-9,11-12H2,1-3H3. The number of halogens is 1. The summed E-state index contributed by atoms with van der Waals surface area (Å²) in [4.78, 5) is 2.52. The summed E-state index contributed by atoms with van der Waals surface area (Å²) in [6.45, 7) is 9.24. The summed E-state index contributed by atoms with van der Waals surface area (Å²) in [7, 11) is 0. The van der Waals surface area contributed by atoms with Gasteiger partial charge in [-0.25, -0.2) is 0 Å². The molecular weight excluding hydrogens is 286 g/mol. The van der Waals surface area contributed by atoms with Crippen LogP contribution >= 0.6 is 15.9 Å². The number of hydrogen-bond donors (Lipinski definition) is 0. The van der Waals surface area contributed by atoms with Crippen LogP contribution in [-0.2, 0) is 0 Å². The average molecular weight is 310 g/mol. The summed E-state index contributed by atoms with van der Waals surface area (Å²) in [5.41, 5.74) is 3.28. The van der Waals surface area contributed by atoms with Crippen LogP contribution < -0.4 is 4.90 Å². The molecule has 0 atom stereocenters. The molecule has 1 aliphatic rings. The maximum absolute atomic E-state index is 3.63. The zero-order valence-corrected chi connectivity index (χ0v) is 13.4. The predicted octanol–water partition coefficient (Wildman–Crippen LogP) is 5.16. The first-order valence-corrected chi connectivity index (χ1v) is 7.90. The minimum Gasteiger partial charge on any atom is -0.370 e. The van der Waals surface area contributed by atoms with E-state index in [9.17, 15) is 0 Å². The Bertz CT molecular complexity index is 400. The highest BCUT2D eigenvalue weighted by molar-refractivity contribution is 9.10. The number of hydrogen-bond acceptors (Lipinski definition) is 1. The Morgan fingerprint density at radius 2 is 1.78 bits per heavy atom. The van der Waals surface area contributed by atoms with Gasteiger partial charge in [0.15, 0.2) is 0 Å². The molecule has 0 amide bonds. The third kappa shape index (κ3) is 2.74. The number of nitrogens with zero attached hydrogens (tertiary/aromatic N) is 1. The van der Waals surface area contributed by atoms with Crippen LogP contribution in [0.3, 0.4) is 0 Å². The van der Waals surface area contributed by atoms with Gasteiger partial charge >= 0.3 is 0 Å². The maximum Gasteiger partial charge on any atom is 0.0378 e. The van der Waals surface area contributed by atoms with Gasteiger partial charge in [0.1, 0.15) is 0 Å². The third-order valence-corrected chi connectivity index (χ3v) is 4.99. The molecule has 1 nitrogen and oxygen atoms in total. The van der Waals surface area contributed by atoms with Gasteiger partial charge in [0, 0.05) is 28.7 Å². The first-order chi connectivity index (χ1) is 8.60. The first kappa shape index (κ1) is 13.9. The van der Waals surface area contributed by atoms with Crippen molar-refractivity contribution < 1.29 is 0 Å². The van der Waals surface area contributed by atoms with E-state index >= 15 is 0 Å². The second-order valence-corrected chi connectivity index (χ2v) is 6.64. The van der Waals surface area contributed by atoms with Gasteiger partial charge in [-0.1, -0.05) is 48.7 Å². The molecule has 18 heavy (non-hydrogen) atoms. The van der Waals surface area contributed by atoms with Crippen LogP contribution in [0.5, 0.6) is 0 Å². The zero-order chi connectivity index (χ0) is 13.2. The Labute approximate surface area is 120 Å². The summed E-state index contributed by atoms with van der Waals surface area (Å²) < 4.78 is 1.23. The molecule has 0 spiro atoms. The second kappa shape index (κ2) is 5.64. The molecule has 0 N–H and O–H groups in total. The Morgan fingerprint density at radius 3 is 2.28 bits per heavy atom. The molecule has 1 fully saturated rings. The lowest BCUT2D eigenvalue weighted by molar-refractivity contribution is 0.173. The van der Waals surface area contributed by atoms with Crippen LogP contribution in [0.1, 0.15) is 45.1 Å². The van der Waals surface area contributed by atoms with Gasteiger partial charge in [0.2, 0.25) is 0 Å². The molecule has 0 unspecified atom stereocenters. The lowest BCUT2D eigenvalue weighted by Crippen LogP contribution is -2.56. The van der Waals surface area contributed by atoms with E-state index in [-0.39, 0.29) is 0 Å². The molecular formula is C16H24BrN. The van der Waals surface area contributed by atoms with E-state index in [1.54, 1.807) is 0 Å². The molecule has 1 aliphatic heterocycles. The fraction of sp³-hybridized carbons (Fsp3) is 0.625. The number of rotatable bonds is 5. The molecule has 0 saturated carbocycles. The molecule has 0 aromatic heterocycles. The van der Waals surface area contributed by atoms with Crippen molar-refractivity contribution in [1.82, 2.24) is 0 Å². The summed E-state index contributed by atoms with van der Waals surface area (Å²) in [5.74, 6) is 0. The van der Waals surface area contributed by atoms with Crippen molar-refractivity contribution in [1.29, 1.82) is 0 Å². The van der Waals surface area contributed by atoms with Gasteiger partial charge in [-0.15, -0.1) is 0 Å². The molecule has 0 bridgehead atoms. The highest BCUT2D eigenvalue weighted by atomic mass is 79.9. The van der Waals surface area contributed by atoms with Gasteiger partial charge in [-0.3, -0.25) is 0 Å². The van der Waals surface area contributed by atoms with Crippen molar-refractivity contribution in [3.8, 4) is 0 Å². The number of benzene rings is 1. The van der Waals surface area contributed by atoms with Gasteiger partial charge in [0.25, 0.3) is 0 Å². The summed E-state index contributed by atoms with van der Waals surface area (Å²) in [6, 6.07) is 6.72. The van der Waals surface area contributed by atoms with Gasteiger partial charge < -0.3 is 4.90 Å². The number of anilines is 1. The first-order valence-electron chi connectivity index (χ1n) is 7.11. The molecule has 1 aromatic carbocycles. The summed E-state index contributed by atoms with van der Waals surface area (Å²) in [6.07, 6.45) is 5.38. The molecule has 2 rings (SSSR count). The number of aryl methyl sites for hydroxylation is 1. The van der Waals surface area contributed by atoms with Crippen LogP contribution in [0.2, 0.25) is 0 Å². The van der Waals surface area contributed by atoms with Crippen LogP contribution in [-0.4, -0.2) is 13.1 Å². The minimum atomic E-state index is 0.598. The molecule has 1 saturated heterocycles. The van der Waals surface area contributed by atoms with Crippen molar-refractivity contribution in [2.24, 2.45) is 5.41 Å². The smallest absolute Gasteiger partial charge is 0.0378 e. The fourth-order valence-corrected chi connectivity index (χ4v) is 3.59. The maximum atomic E-state index is 3.63. The fourth-order valence-electron chi connectivity index (χ4n) is 3.23. The van der Waals surface area contributed by atoms with Crippen molar-refractivity contribution >= 4 is 21.6 Å². The Balaban J connectivity index is 2.04. The summed E-state index contributed by atoms with van der Waals surface area (Å²) in [5, 5.41) is 0. The Morgan fingerprint density at radius 1 is 1.17 bits per heavy atom. The van der Waals surface area contributed by atoms with Crippen molar-refractivity contribution in [2.75, 3.05) is 18.0 Å². The van der Waals surface area contributed by atoms with Crippen molar-refractivity contribution in [3.63, 3.8) is 0 Å². The van der Waals surface area contributed by atoms with Crippen molar-refractivity contribution in [2.45, 2.75) is 46.5 Å². The van der Waals surface area contributed by atoms with E-state index in [0.29, 0.717) is 5.41 Å². The molecule has 1 heterocycles. The Kier molecular flexibility index (Phi) is 4.37. The van der Waals surface area contributed by atoms with E-state index in [1.165, 1.54) is 54.5 Å². The van der Waals surface area contributed by atoms with E-state index < -0.39 is 0 Å². The van der Waals surface area contributed by atoms with Gasteiger partial charge in [0.05, 0.1) is 0 Å². The van der Waals surface area contributed by atoms with Gasteiger partial charge in [-0.05, 0) is 37.5 Å². The quantitative estimate of drug-likeness (QED) is 0.725. The second-order valence-electron chi connectivity index (χ2n) is 5.79. The van der Waals surface area contributed by atoms with Crippen LogP contribution in [0.15, 0.2) is 22.7 Å². The minimum absolute atomic E-state index is 0.598. The SMILES string of the molecule is CCCC1(CCC)CN(c2ccc(C)c(Br)c2)C1. The monoisotopic (exact) mass is 309 g/mol. The van der Waals surface area contributed by atoms with Crippen molar-refractivity contribution in [3.05, 3.63) is 28.2 Å².